The molecule has 0 radical (unpaired) electrons. The summed E-state index contributed by atoms with van der Waals surface area (Å²) in [5.41, 5.74) is 12.2. The fourth-order valence-corrected chi connectivity index (χ4v) is 7.87. The monoisotopic (exact) mass is 874 g/mol. The number of fused-ring (bicyclic) bond motifs is 2. The van der Waals surface area contributed by atoms with Crippen LogP contribution in [0.4, 0.5) is 11.5 Å². The molecule has 0 aliphatic carbocycles. The number of hydrogen-bond acceptors (Lipinski definition) is 12. The molecular weight excluding hydrogens is 828 g/mol. The van der Waals surface area contributed by atoms with E-state index in [0.717, 1.165) is 82.0 Å². The molecule has 14 nitrogen and oxygen atoms in total. The summed E-state index contributed by atoms with van der Waals surface area (Å²) >= 11 is 3.51. The van der Waals surface area contributed by atoms with E-state index in [0.29, 0.717) is 68.8 Å². The summed E-state index contributed by atoms with van der Waals surface area (Å²) < 4.78 is 26.3. The van der Waals surface area contributed by atoms with Gasteiger partial charge in [-0.3, -0.25) is 4.79 Å². The van der Waals surface area contributed by atoms with Gasteiger partial charge < -0.3 is 45.3 Å². The third-order valence-electron chi connectivity index (χ3n) is 10.5. The van der Waals surface area contributed by atoms with E-state index >= 15 is 0 Å². The summed E-state index contributed by atoms with van der Waals surface area (Å²) in [6.45, 7) is 5.99. The number of nitrogen functional groups attached to an aromatic ring is 1. The number of carbonyl (C=O) groups is 1. The van der Waals surface area contributed by atoms with Gasteiger partial charge >= 0.3 is 0 Å². The summed E-state index contributed by atoms with van der Waals surface area (Å²) in [5, 5.41) is 22.3. The topological polar surface area (TPSA) is 171 Å². The number of rotatable bonds is 18. The van der Waals surface area contributed by atoms with Gasteiger partial charge in [0.05, 0.1) is 62.3 Å². The maximum atomic E-state index is 13.0. The highest BCUT2D eigenvalue weighted by Gasteiger charge is 2.29. The van der Waals surface area contributed by atoms with Crippen LogP contribution in [0.1, 0.15) is 30.0 Å². The fraction of sp³-hybridized carbons (Fsp3) is 0.289. The van der Waals surface area contributed by atoms with Gasteiger partial charge in [-0.2, -0.15) is 5.10 Å². The van der Waals surface area contributed by atoms with E-state index in [1.54, 1.807) is 18.2 Å². The number of nitrogens with two attached hydrogens (primary N) is 1. The average Bonchev–Trinajstić information content (AvgIpc) is 3.81. The molecule has 2 aliphatic rings. The van der Waals surface area contributed by atoms with Crippen molar-refractivity contribution in [3.8, 4) is 28.5 Å². The van der Waals surface area contributed by atoms with Crippen molar-refractivity contribution in [3.63, 3.8) is 0 Å². The summed E-state index contributed by atoms with van der Waals surface area (Å²) in [4.78, 5) is 24.4. The zero-order chi connectivity index (χ0) is 41.3. The smallest absolute Gasteiger partial charge is 0.258 e. The van der Waals surface area contributed by atoms with Crippen LogP contribution >= 0.6 is 15.9 Å². The van der Waals surface area contributed by atoms with Crippen molar-refractivity contribution in [2.45, 2.75) is 18.9 Å². The first-order valence-electron chi connectivity index (χ1n) is 20.1. The molecular formula is C45H47BrN8O6. The van der Waals surface area contributed by atoms with Crippen LogP contribution in [0.15, 0.2) is 108 Å². The first kappa shape index (κ1) is 40.9. The fourth-order valence-electron chi connectivity index (χ4n) is 7.51. The maximum absolute atomic E-state index is 13.0. The lowest BCUT2D eigenvalue weighted by Gasteiger charge is -2.32. The second-order valence-electron chi connectivity index (χ2n) is 14.5. The number of aromatic nitrogens is 4. The Hall–Kier alpha value is -5.84. The van der Waals surface area contributed by atoms with Gasteiger partial charge in [-0.15, -0.1) is 0 Å². The maximum Gasteiger partial charge on any atom is 0.258 e. The van der Waals surface area contributed by atoms with E-state index in [1.807, 2.05) is 83.5 Å². The standard InChI is InChI=1S/C45H47BrN8O6/c46-32-11-14-38-37(28-32)39(45(56)51-38)41(31-5-4-6-34(55)27-31)48-17-21-57-23-25-59-26-24-58-22-20-53-18-15-33(16-19-53)54-44-40(43(47)49-29-50-44)42(52-54)30-9-12-36(13-10-30)60-35-7-2-1-3-8-35/h1-14,27-29,33,48,55H,15-26H2,(H,51,56)(H2,47,49,50)/b41-39-. The number of para-hydroxylation sites is 1. The second-order valence-corrected chi connectivity index (χ2v) is 15.4. The van der Waals surface area contributed by atoms with E-state index in [2.05, 4.69) is 41.4 Å². The molecule has 1 saturated heterocycles. The van der Waals surface area contributed by atoms with Gasteiger partial charge in [0.1, 0.15) is 35.1 Å². The molecule has 310 valence electrons. The largest absolute Gasteiger partial charge is 0.508 e. The van der Waals surface area contributed by atoms with E-state index < -0.39 is 0 Å². The number of halogens is 1. The normalized spacial score (nSPS) is 15.2. The molecule has 0 bridgehead atoms. The van der Waals surface area contributed by atoms with Crippen molar-refractivity contribution in [3.05, 3.63) is 119 Å². The third-order valence-corrected chi connectivity index (χ3v) is 11.0. The Bertz CT molecular complexity index is 2440. The molecule has 2 aliphatic heterocycles. The van der Waals surface area contributed by atoms with Gasteiger partial charge in [0.15, 0.2) is 5.65 Å². The van der Waals surface area contributed by atoms with Gasteiger partial charge in [0.2, 0.25) is 0 Å². The van der Waals surface area contributed by atoms with Crippen LogP contribution in [0.25, 0.3) is 33.6 Å². The predicted molar refractivity (Wildman–Crippen MR) is 235 cm³/mol. The Labute approximate surface area is 356 Å². The van der Waals surface area contributed by atoms with Crippen LogP contribution in [-0.4, -0.2) is 101 Å². The van der Waals surface area contributed by atoms with Crippen LogP contribution in [0.3, 0.4) is 0 Å². The Morgan fingerprint density at radius 3 is 2.35 bits per heavy atom. The molecule has 1 fully saturated rings. The molecule has 4 heterocycles. The molecule has 1 amide bonds. The van der Waals surface area contributed by atoms with Gasteiger partial charge in [0.25, 0.3) is 5.91 Å². The minimum absolute atomic E-state index is 0.115. The number of carbonyl (C=O) groups excluding carboxylic acids is 1. The molecule has 2 aromatic heterocycles. The van der Waals surface area contributed by atoms with Crippen LogP contribution < -0.4 is 21.1 Å². The third kappa shape index (κ3) is 9.78. The Morgan fingerprint density at radius 2 is 1.58 bits per heavy atom. The van der Waals surface area contributed by atoms with Crippen molar-refractivity contribution < 1.29 is 28.8 Å². The predicted octanol–water partition coefficient (Wildman–Crippen LogP) is 7.13. The van der Waals surface area contributed by atoms with Gasteiger partial charge in [-0.25, -0.2) is 14.6 Å². The first-order valence-corrected chi connectivity index (χ1v) is 20.9. The number of aromatic hydroxyl groups is 1. The van der Waals surface area contributed by atoms with E-state index in [4.69, 9.17) is 29.8 Å². The molecule has 60 heavy (non-hydrogen) atoms. The number of ether oxygens (including phenoxy) is 4. The van der Waals surface area contributed by atoms with Crippen molar-refractivity contribution in [2.24, 2.45) is 0 Å². The van der Waals surface area contributed by atoms with Crippen molar-refractivity contribution in [2.75, 3.05) is 76.9 Å². The lowest BCUT2D eigenvalue weighted by molar-refractivity contribution is -0.110. The molecule has 0 saturated carbocycles. The number of amides is 1. The van der Waals surface area contributed by atoms with Gasteiger partial charge in [0, 0.05) is 53.0 Å². The number of hydrogen-bond donors (Lipinski definition) is 4. The van der Waals surface area contributed by atoms with E-state index in [1.165, 1.54) is 6.33 Å². The first-order chi connectivity index (χ1) is 29.4. The number of nitrogens with one attached hydrogen (secondary N) is 2. The summed E-state index contributed by atoms with van der Waals surface area (Å²) in [6, 6.07) is 30.2. The SMILES string of the molecule is Nc1ncnc2c1c(-c1ccc(Oc3ccccc3)cc1)nn2C1CCN(CCOCCOCCOCCN/C(=C2\C(=O)Nc3ccc(Br)cc32)c2cccc(O)c2)CC1. The quantitative estimate of drug-likeness (QED) is 0.0510. The Balaban J connectivity index is 0.734. The number of anilines is 2. The molecule has 0 atom stereocenters. The number of benzene rings is 4. The van der Waals surface area contributed by atoms with Crippen LogP contribution in [0, 0.1) is 0 Å². The lowest BCUT2D eigenvalue weighted by Crippen LogP contribution is -2.37. The van der Waals surface area contributed by atoms with E-state index in [9.17, 15) is 9.90 Å². The lowest BCUT2D eigenvalue weighted by atomic mass is 10.00. The number of nitrogens with zero attached hydrogens (tertiary/aromatic N) is 5. The second kappa shape index (κ2) is 19.5. The molecule has 0 unspecified atom stereocenters. The zero-order valence-electron chi connectivity index (χ0n) is 33.1. The number of phenolic OH excluding ortho intramolecular Hbond substituents is 1. The zero-order valence-corrected chi connectivity index (χ0v) is 34.6. The van der Waals surface area contributed by atoms with E-state index in [-0.39, 0.29) is 17.7 Å². The average molecular weight is 876 g/mol. The van der Waals surface area contributed by atoms with Crippen molar-refractivity contribution in [1.82, 2.24) is 30.0 Å². The molecule has 5 N–H and O–H groups in total. The van der Waals surface area contributed by atoms with Crippen LogP contribution in [0.5, 0.6) is 17.2 Å². The molecule has 6 aromatic rings. The highest BCUT2D eigenvalue weighted by Crippen LogP contribution is 2.39. The minimum Gasteiger partial charge on any atom is -0.508 e. The van der Waals surface area contributed by atoms with Gasteiger partial charge in [-0.1, -0.05) is 46.3 Å². The minimum atomic E-state index is -0.208. The Morgan fingerprint density at radius 1 is 0.850 bits per heavy atom. The summed E-state index contributed by atoms with van der Waals surface area (Å²) in [6.07, 6.45) is 3.36. The molecule has 0 spiro atoms. The summed E-state index contributed by atoms with van der Waals surface area (Å²) in [7, 11) is 0. The highest BCUT2D eigenvalue weighted by molar-refractivity contribution is 9.10. The molecule has 15 heteroatoms. The highest BCUT2D eigenvalue weighted by atomic mass is 79.9. The molecule has 8 rings (SSSR count). The summed E-state index contributed by atoms with van der Waals surface area (Å²) in [5.74, 6) is 1.84. The van der Waals surface area contributed by atoms with Crippen LogP contribution in [-0.2, 0) is 19.0 Å². The number of piperidine rings is 1. The molecule has 4 aromatic carbocycles. The van der Waals surface area contributed by atoms with Crippen molar-refractivity contribution >= 4 is 55.6 Å². The van der Waals surface area contributed by atoms with Crippen LogP contribution in [0.2, 0.25) is 0 Å². The number of likely N-dealkylation sites (tertiary alicyclic amines) is 1. The number of phenols is 1. The van der Waals surface area contributed by atoms with Crippen molar-refractivity contribution in [1.29, 1.82) is 0 Å². The Kier molecular flexibility index (Phi) is 13.3. The van der Waals surface area contributed by atoms with Gasteiger partial charge in [-0.05, 0) is 79.6 Å².